The summed E-state index contributed by atoms with van der Waals surface area (Å²) in [5.74, 6) is -0.415. The van der Waals surface area contributed by atoms with Gasteiger partial charge in [0.05, 0.1) is 5.39 Å². The first-order chi connectivity index (χ1) is 14.0. The third-order valence-corrected chi connectivity index (χ3v) is 6.15. The van der Waals surface area contributed by atoms with Crippen LogP contribution in [0.4, 0.5) is 0 Å². The number of aromatic nitrogens is 3. The molecular weight excluding hydrogens is 392 g/mol. The van der Waals surface area contributed by atoms with Gasteiger partial charge in [-0.1, -0.05) is 17.3 Å². The molecule has 1 atom stereocenters. The SMILES string of the molecule is CSCC[C@H](NC(=O)C1CCC(Cn2nnc3ccccc3c2=O)CC1)C(=O)O. The molecule has 1 saturated carbocycles. The van der Waals surface area contributed by atoms with Crippen LogP contribution in [0.2, 0.25) is 0 Å². The number of hydrogen-bond acceptors (Lipinski definition) is 6. The summed E-state index contributed by atoms with van der Waals surface area (Å²) in [6.45, 7) is 0.483. The molecule has 0 spiro atoms. The first kappa shape index (κ1) is 21.3. The van der Waals surface area contributed by atoms with Gasteiger partial charge in [-0.3, -0.25) is 9.59 Å². The molecule has 1 fully saturated rings. The molecule has 1 aromatic carbocycles. The molecule has 0 aliphatic heterocycles. The normalized spacial score (nSPS) is 20.3. The van der Waals surface area contributed by atoms with E-state index in [0.29, 0.717) is 42.5 Å². The number of carboxylic acids is 1. The number of nitrogens with zero attached hydrogens (tertiary/aromatic N) is 3. The third kappa shape index (κ3) is 5.35. The molecule has 1 aliphatic carbocycles. The number of carboxylic acid groups (broad SMARTS) is 1. The number of fused-ring (bicyclic) bond motifs is 1. The molecule has 0 bridgehead atoms. The lowest BCUT2D eigenvalue weighted by Gasteiger charge is -2.28. The van der Waals surface area contributed by atoms with E-state index in [2.05, 4.69) is 15.6 Å². The molecule has 1 heterocycles. The zero-order valence-electron chi connectivity index (χ0n) is 16.4. The summed E-state index contributed by atoms with van der Waals surface area (Å²) >= 11 is 1.56. The molecule has 2 aromatic rings. The van der Waals surface area contributed by atoms with E-state index in [4.69, 9.17) is 0 Å². The lowest BCUT2D eigenvalue weighted by Crippen LogP contribution is -2.44. The zero-order valence-corrected chi connectivity index (χ0v) is 17.2. The highest BCUT2D eigenvalue weighted by Crippen LogP contribution is 2.30. The first-order valence-electron chi connectivity index (χ1n) is 9.84. The molecule has 0 saturated heterocycles. The Kier molecular flexibility index (Phi) is 7.24. The van der Waals surface area contributed by atoms with Crippen LogP contribution in [-0.4, -0.2) is 50.0 Å². The van der Waals surface area contributed by atoms with E-state index < -0.39 is 12.0 Å². The van der Waals surface area contributed by atoms with E-state index in [1.165, 1.54) is 4.68 Å². The highest BCUT2D eigenvalue weighted by molar-refractivity contribution is 7.98. The van der Waals surface area contributed by atoms with Gasteiger partial charge in [0, 0.05) is 12.5 Å². The molecule has 156 valence electrons. The van der Waals surface area contributed by atoms with Crippen LogP contribution in [0, 0.1) is 11.8 Å². The van der Waals surface area contributed by atoms with E-state index in [1.54, 1.807) is 23.9 Å². The Balaban J connectivity index is 1.55. The zero-order chi connectivity index (χ0) is 20.8. The summed E-state index contributed by atoms with van der Waals surface area (Å²) in [6, 6.07) is 6.31. The standard InChI is InChI=1S/C20H26N4O4S/c1-29-11-10-17(20(27)28)21-18(25)14-8-6-13(7-9-14)12-24-19(26)15-4-2-3-5-16(15)22-23-24/h2-5,13-14,17H,6-12H2,1H3,(H,21,25)(H,27,28)/t13?,14?,17-/m0/s1. The summed E-state index contributed by atoms with van der Waals surface area (Å²) < 4.78 is 1.41. The summed E-state index contributed by atoms with van der Waals surface area (Å²) in [5.41, 5.74) is 0.442. The molecule has 8 nitrogen and oxygen atoms in total. The monoisotopic (exact) mass is 418 g/mol. The molecule has 1 amide bonds. The van der Waals surface area contributed by atoms with E-state index in [1.807, 2.05) is 18.4 Å². The predicted molar refractivity (Wildman–Crippen MR) is 112 cm³/mol. The van der Waals surface area contributed by atoms with E-state index in [9.17, 15) is 19.5 Å². The summed E-state index contributed by atoms with van der Waals surface area (Å²) in [6.07, 6.45) is 5.28. The fourth-order valence-electron chi connectivity index (χ4n) is 3.78. The minimum Gasteiger partial charge on any atom is -0.480 e. The van der Waals surface area contributed by atoms with E-state index in [0.717, 1.165) is 12.8 Å². The van der Waals surface area contributed by atoms with Crippen molar-refractivity contribution in [3.63, 3.8) is 0 Å². The number of amides is 1. The molecule has 1 aromatic heterocycles. The molecule has 29 heavy (non-hydrogen) atoms. The van der Waals surface area contributed by atoms with Gasteiger partial charge in [-0.2, -0.15) is 11.8 Å². The van der Waals surface area contributed by atoms with Crippen molar-refractivity contribution in [3.8, 4) is 0 Å². The minimum absolute atomic E-state index is 0.145. The molecule has 0 unspecified atom stereocenters. The summed E-state index contributed by atoms with van der Waals surface area (Å²) in [4.78, 5) is 36.4. The summed E-state index contributed by atoms with van der Waals surface area (Å²) in [5, 5.41) is 20.7. The highest BCUT2D eigenvalue weighted by Gasteiger charge is 2.29. The fourth-order valence-corrected chi connectivity index (χ4v) is 4.25. The number of aliphatic carboxylic acids is 1. The average molecular weight is 419 g/mol. The van der Waals surface area contributed by atoms with Crippen molar-refractivity contribution in [3.05, 3.63) is 34.6 Å². The van der Waals surface area contributed by atoms with Crippen LogP contribution in [0.15, 0.2) is 29.1 Å². The van der Waals surface area contributed by atoms with Crippen molar-refractivity contribution < 1.29 is 14.7 Å². The largest absolute Gasteiger partial charge is 0.480 e. The maximum atomic E-state index is 12.6. The minimum atomic E-state index is -0.990. The Hall–Kier alpha value is -2.42. The van der Waals surface area contributed by atoms with Crippen molar-refractivity contribution in [1.82, 2.24) is 20.3 Å². The van der Waals surface area contributed by atoms with Gasteiger partial charge in [0.1, 0.15) is 11.6 Å². The number of nitrogens with one attached hydrogen (secondary N) is 1. The van der Waals surface area contributed by atoms with Crippen LogP contribution in [0.3, 0.4) is 0 Å². The van der Waals surface area contributed by atoms with Gasteiger partial charge in [0.2, 0.25) is 5.91 Å². The van der Waals surface area contributed by atoms with Crippen molar-refractivity contribution >= 4 is 34.5 Å². The van der Waals surface area contributed by atoms with Crippen molar-refractivity contribution in [2.75, 3.05) is 12.0 Å². The maximum Gasteiger partial charge on any atom is 0.326 e. The molecule has 0 radical (unpaired) electrons. The van der Waals surface area contributed by atoms with Crippen LogP contribution in [0.5, 0.6) is 0 Å². The summed E-state index contributed by atoms with van der Waals surface area (Å²) in [7, 11) is 0. The average Bonchev–Trinajstić information content (AvgIpc) is 2.73. The Morgan fingerprint density at radius 3 is 2.69 bits per heavy atom. The highest BCUT2D eigenvalue weighted by atomic mass is 32.2. The Bertz CT molecular complexity index is 924. The topological polar surface area (TPSA) is 114 Å². The van der Waals surface area contributed by atoms with Gasteiger partial charge in [-0.15, -0.1) is 5.10 Å². The number of hydrogen-bond donors (Lipinski definition) is 2. The van der Waals surface area contributed by atoms with Gasteiger partial charge in [-0.25, -0.2) is 9.48 Å². The van der Waals surface area contributed by atoms with Gasteiger partial charge in [-0.05, 0) is 62.2 Å². The van der Waals surface area contributed by atoms with Gasteiger partial charge >= 0.3 is 5.97 Å². The lowest BCUT2D eigenvalue weighted by molar-refractivity contribution is -0.142. The number of benzene rings is 1. The van der Waals surface area contributed by atoms with Crippen LogP contribution in [0.25, 0.3) is 10.9 Å². The maximum absolute atomic E-state index is 12.6. The van der Waals surface area contributed by atoms with Crippen molar-refractivity contribution in [2.24, 2.45) is 11.8 Å². The van der Waals surface area contributed by atoms with Gasteiger partial charge < -0.3 is 10.4 Å². The van der Waals surface area contributed by atoms with Gasteiger partial charge in [0.25, 0.3) is 5.56 Å². The Labute approximate surface area is 173 Å². The molecular formula is C20H26N4O4S. The van der Waals surface area contributed by atoms with Crippen LogP contribution < -0.4 is 10.9 Å². The second-order valence-corrected chi connectivity index (χ2v) is 8.48. The quantitative estimate of drug-likeness (QED) is 0.673. The number of carbonyl (C=O) groups excluding carboxylic acids is 1. The smallest absolute Gasteiger partial charge is 0.326 e. The number of rotatable bonds is 8. The van der Waals surface area contributed by atoms with Crippen LogP contribution in [0.1, 0.15) is 32.1 Å². The Morgan fingerprint density at radius 1 is 1.28 bits per heavy atom. The lowest BCUT2D eigenvalue weighted by atomic mass is 9.81. The molecule has 2 N–H and O–H groups in total. The molecule has 9 heteroatoms. The fraction of sp³-hybridized carbons (Fsp3) is 0.550. The van der Waals surface area contributed by atoms with Crippen LogP contribution >= 0.6 is 11.8 Å². The second kappa shape index (κ2) is 9.87. The van der Waals surface area contributed by atoms with Crippen molar-refractivity contribution in [2.45, 2.75) is 44.7 Å². The Morgan fingerprint density at radius 2 is 2.00 bits per heavy atom. The predicted octanol–water partition coefficient (Wildman–Crippen LogP) is 1.92. The molecule has 3 rings (SSSR count). The van der Waals surface area contributed by atoms with Crippen LogP contribution in [-0.2, 0) is 16.1 Å². The van der Waals surface area contributed by atoms with Gasteiger partial charge in [0.15, 0.2) is 0 Å². The second-order valence-electron chi connectivity index (χ2n) is 7.49. The van der Waals surface area contributed by atoms with Crippen molar-refractivity contribution in [1.29, 1.82) is 0 Å². The van der Waals surface area contributed by atoms with E-state index in [-0.39, 0.29) is 23.3 Å². The number of carbonyl (C=O) groups is 2. The molecule has 1 aliphatic rings. The third-order valence-electron chi connectivity index (χ3n) is 5.50. The first-order valence-corrected chi connectivity index (χ1v) is 11.2. The number of thioether (sulfide) groups is 1. The van der Waals surface area contributed by atoms with E-state index >= 15 is 0 Å².